The molecule has 0 atom stereocenters. The van der Waals surface area contributed by atoms with Gasteiger partial charge >= 0.3 is 0 Å². The van der Waals surface area contributed by atoms with Crippen molar-refractivity contribution in [1.82, 2.24) is 9.78 Å². The zero-order valence-corrected chi connectivity index (χ0v) is 10.1. The van der Waals surface area contributed by atoms with Crippen molar-refractivity contribution in [3.8, 4) is 11.1 Å². The van der Waals surface area contributed by atoms with Crippen LogP contribution in [0.3, 0.4) is 0 Å². The summed E-state index contributed by atoms with van der Waals surface area (Å²) in [5.74, 6) is 0.657. The lowest BCUT2D eigenvalue weighted by molar-refractivity contribution is 0.779. The Morgan fingerprint density at radius 2 is 2.12 bits per heavy atom. The second-order valence-corrected chi connectivity index (χ2v) is 4.21. The van der Waals surface area contributed by atoms with E-state index in [0.29, 0.717) is 5.82 Å². The maximum absolute atomic E-state index is 6.07. The van der Waals surface area contributed by atoms with Gasteiger partial charge in [-0.05, 0) is 29.7 Å². The van der Waals surface area contributed by atoms with Gasteiger partial charge in [-0.2, -0.15) is 5.10 Å². The van der Waals surface area contributed by atoms with Crippen LogP contribution in [-0.4, -0.2) is 9.78 Å². The molecule has 0 fully saturated rings. The van der Waals surface area contributed by atoms with Crippen molar-refractivity contribution in [2.24, 2.45) is 7.05 Å². The van der Waals surface area contributed by atoms with Gasteiger partial charge in [0.1, 0.15) is 5.82 Å². The second-order valence-electron chi connectivity index (χ2n) is 3.77. The normalized spacial score (nSPS) is 10.7. The van der Waals surface area contributed by atoms with Gasteiger partial charge < -0.3 is 5.73 Å². The third kappa shape index (κ3) is 1.91. The van der Waals surface area contributed by atoms with Gasteiger partial charge in [-0.3, -0.25) is 4.68 Å². The molecule has 3 nitrogen and oxygen atoms in total. The first-order valence-corrected chi connectivity index (χ1v) is 5.57. The number of benzene rings is 1. The van der Waals surface area contributed by atoms with E-state index in [9.17, 15) is 0 Å². The molecule has 1 heterocycles. The molecule has 0 saturated heterocycles. The highest BCUT2D eigenvalue weighted by Gasteiger charge is 2.08. The lowest BCUT2D eigenvalue weighted by atomic mass is 10.0. The van der Waals surface area contributed by atoms with E-state index in [1.165, 1.54) is 5.56 Å². The molecule has 0 aliphatic heterocycles. The predicted molar refractivity (Wildman–Crippen MR) is 67.4 cm³/mol. The van der Waals surface area contributed by atoms with Gasteiger partial charge in [-0.25, -0.2) is 0 Å². The number of nitrogen functional groups attached to an aromatic ring is 1. The van der Waals surface area contributed by atoms with E-state index in [-0.39, 0.29) is 0 Å². The van der Waals surface area contributed by atoms with Crippen molar-refractivity contribution in [2.45, 2.75) is 13.3 Å². The van der Waals surface area contributed by atoms with Crippen LogP contribution < -0.4 is 5.73 Å². The number of rotatable bonds is 2. The Morgan fingerprint density at radius 3 is 2.69 bits per heavy atom. The summed E-state index contributed by atoms with van der Waals surface area (Å²) in [4.78, 5) is 0. The Balaban J connectivity index is 2.55. The van der Waals surface area contributed by atoms with Crippen molar-refractivity contribution in [3.05, 3.63) is 35.0 Å². The number of hydrogen-bond donors (Lipinski definition) is 1. The summed E-state index contributed by atoms with van der Waals surface area (Å²) in [6.07, 6.45) is 2.72. The topological polar surface area (TPSA) is 43.8 Å². The Bertz CT molecular complexity index is 517. The minimum absolute atomic E-state index is 0.657. The highest BCUT2D eigenvalue weighted by molar-refractivity contribution is 6.31. The van der Waals surface area contributed by atoms with Crippen molar-refractivity contribution < 1.29 is 0 Å². The third-order valence-corrected chi connectivity index (χ3v) is 2.88. The maximum Gasteiger partial charge on any atom is 0.129 e. The second kappa shape index (κ2) is 4.18. The molecule has 2 N–H and O–H groups in total. The number of nitrogens with zero attached hydrogens (tertiary/aromatic N) is 2. The van der Waals surface area contributed by atoms with Crippen LogP contribution in [0.2, 0.25) is 5.02 Å². The molecule has 0 aliphatic carbocycles. The Hall–Kier alpha value is -1.48. The number of anilines is 1. The molecule has 0 radical (unpaired) electrons. The molecule has 2 aromatic rings. The molecule has 0 bridgehead atoms. The number of nitrogens with two attached hydrogens (primary N) is 1. The van der Waals surface area contributed by atoms with Gasteiger partial charge in [-0.1, -0.05) is 24.6 Å². The summed E-state index contributed by atoms with van der Waals surface area (Å²) >= 11 is 6.07. The Labute approximate surface area is 99.8 Å². The van der Waals surface area contributed by atoms with Crippen LogP contribution in [0.5, 0.6) is 0 Å². The van der Waals surface area contributed by atoms with Crippen LogP contribution in [0.4, 0.5) is 5.82 Å². The smallest absolute Gasteiger partial charge is 0.129 e. The fraction of sp³-hybridized carbons (Fsp3) is 0.250. The van der Waals surface area contributed by atoms with Crippen LogP contribution in [0.15, 0.2) is 24.4 Å². The van der Waals surface area contributed by atoms with E-state index in [1.807, 2.05) is 19.2 Å². The third-order valence-electron chi connectivity index (χ3n) is 2.66. The summed E-state index contributed by atoms with van der Waals surface area (Å²) < 4.78 is 1.65. The quantitative estimate of drug-likeness (QED) is 0.870. The zero-order valence-electron chi connectivity index (χ0n) is 9.37. The largest absolute Gasteiger partial charge is 0.383 e. The predicted octanol–water partition coefficient (Wildman–Crippen LogP) is 2.89. The van der Waals surface area contributed by atoms with E-state index in [4.69, 9.17) is 17.3 Å². The molecule has 0 spiro atoms. The zero-order chi connectivity index (χ0) is 11.7. The summed E-state index contributed by atoms with van der Waals surface area (Å²) in [5.41, 5.74) is 9.09. The van der Waals surface area contributed by atoms with Crippen molar-refractivity contribution in [2.75, 3.05) is 5.73 Å². The monoisotopic (exact) mass is 235 g/mol. The molecular weight excluding hydrogens is 222 g/mol. The van der Waals surface area contributed by atoms with Gasteiger partial charge in [-0.15, -0.1) is 0 Å². The summed E-state index contributed by atoms with van der Waals surface area (Å²) in [7, 11) is 1.82. The number of aryl methyl sites for hydroxylation is 2. The van der Waals surface area contributed by atoms with Crippen molar-refractivity contribution >= 4 is 17.4 Å². The van der Waals surface area contributed by atoms with E-state index >= 15 is 0 Å². The molecule has 16 heavy (non-hydrogen) atoms. The molecule has 4 heteroatoms. The molecule has 84 valence electrons. The van der Waals surface area contributed by atoms with Crippen LogP contribution >= 0.6 is 11.6 Å². The Kier molecular flexibility index (Phi) is 2.88. The number of aromatic nitrogens is 2. The van der Waals surface area contributed by atoms with Gasteiger partial charge in [0.25, 0.3) is 0 Å². The first kappa shape index (κ1) is 11.0. The molecule has 0 aliphatic rings. The lowest BCUT2D eigenvalue weighted by Crippen LogP contribution is -1.98. The molecule has 0 saturated carbocycles. The van der Waals surface area contributed by atoms with Gasteiger partial charge in [0, 0.05) is 17.6 Å². The fourth-order valence-electron chi connectivity index (χ4n) is 1.68. The fourth-order valence-corrected chi connectivity index (χ4v) is 1.94. The van der Waals surface area contributed by atoms with Gasteiger partial charge in [0.05, 0.1) is 6.20 Å². The average Bonchev–Trinajstić information content (AvgIpc) is 2.59. The first-order chi connectivity index (χ1) is 7.61. The van der Waals surface area contributed by atoms with E-state index in [2.05, 4.69) is 18.1 Å². The summed E-state index contributed by atoms with van der Waals surface area (Å²) in [6.45, 7) is 2.10. The minimum Gasteiger partial charge on any atom is -0.383 e. The molecule has 2 rings (SSSR count). The van der Waals surface area contributed by atoms with Crippen LogP contribution in [0.25, 0.3) is 11.1 Å². The van der Waals surface area contributed by atoms with Crippen molar-refractivity contribution in [3.63, 3.8) is 0 Å². The van der Waals surface area contributed by atoms with E-state index in [0.717, 1.165) is 22.6 Å². The number of hydrogen-bond acceptors (Lipinski definition) is 2. The SMILES string of the molecule is CCc1cc(Cl)cc(-c2cnn(C)c2N)c1. The number of halogens is 1. The maximum atomic E-state index is 6.07. The van der Waals surface area contributed by atoms with Gasteiger partial charge in [0.2, 0.25) is 0 Å². The lowest BCUT2D eigenvalue weighted by Gasteiger charge is -2.05. The van der Waals surface area contributed by atoms with E-state index in [1.54, 1.807) is 10.9 Å². The van der Waals surface area contributed by atoms with Crippen LogP contribution in [-0.2, 0) is 13.5 Å². The van der Waals surface area contributed by atoms with Crippen molar-refractivity contribution in [1.29, 1.82) is 0 Å². The first-order valence-electron chi connectivity index (χ1n) is 5.19. The molecule has 0 amide bonds. The minimum atomic E-state index is 0.657. The summed E-state index contributed by atoms with van der Waals surface area (Å²) in [5, 5.41) is 4.86. The van der Waals surface area contributed by atoms with Gasteiger partial charge in [0.15, 0.2) is 0 Å². The molecule has 0 unspecified atom stereocenters. The molecule has 1 aromatic carbocycles. The Morgan fingerprint density at radius 1 is 1.38 bits per heavy atom. The molecular formula is C12H14ClN3. The highest BCUT2D eigenvalue weighted by Crippen LogP contribution is 2.28. The molecule has 1 aromatic heterocycles. The standard InChI is InChI=1S/C12H14ClN3/c1-3-8-4-9(6-10(13)5-8)11-7-15-16(2)12(11)14/h4-7H,3,14H2,1-2H3. The average molecular weight is 236 g/mol. The van der Waals surface area contributed by atoms with Crippen LogP contribution in [0.1, 0.15) is 12.5 Å². The van der Waals surface area contributed by atoms with Crippen LogP contribution in [0, 0.1) is 0 Å². The van der Waals surface area contributed by atoms with E-state index < -0.39 is 0 Å². The summed E-state index contributed by atoms with van der Waals surface area (Å²) in [6, 6.07) is 5.98. The highest BCUT2D eigenvalue weighted by atomic mass is 35.5.